The predicted molar refractivity (Wildman–Crippen MR) is 91.5 cm³/mol. The Morgan fingerprint density at radius 2 is 2.17 bits per heavy atom. The van der Waals surface area contributed by atoms with Crippen LogP contribution in [0.5, 0.6) is 11.5 Å². The van der Waals surface area contributed by atoms with Crippen LogP contribution in [0, 0.1) is 11.3 Å². The third kappa shape index (κ3) is 3.51. The Balaban J connectivity index is 1.76. The summed E-state index contributed by atoms with van der Waals surface area (Å²) in [5.74, 6) is 1.52. The predicted octanol–water partition coefficient (Wildman–Crippen LogP) is 2.52. The van der Waals surface area contributed by atoms with Crippen LogP contribution in [0.15, 0.2) is 18.2 Å². The number of carbonyl (C=O) groups excluding carboxylic acids is 1. The van der Waals surface area contributed by atoms with E-state index in [0.717, 1.165) is 23.6 Å². The second-order valence-electron chi connectivity index (χ2n) is 7.67. The Hall–Kier alpha value is -1.75. The van der Waals surface area contributed by atoms with Crippen molar-refractivity contribution in [3.05, 3.63) is 23.8 Å². The molecule has 24 heavy (non-hydrogen) atoms. The molecule has 1 amide bonds. The fourth-order valence-electron chi connectivity index (χ4n) is 3.50. The van der Waals surface area contributed by atoms with E-state index in [1.165, 1.54) is 0 Å². The zero-order valence-electron chi connectivity index (χ0n) is 15.0. The number of methoxy groups -OCH3 is 1. The number of nitrogens with zero attached hydrogens (tertiary/aromatic N) is 1. The van der Waals surface area contributed by atoms with E-state index in [1.54, 1.807) is 7.11 Å². The molecule has 0 radical (unpaired) electrons. The molecular weight excluding hydrogens is 306 g/mol. The molecule has 0 aliphatic carbocycles. The lowest BCUT2D eigenvalue weighted by atomic mass is 9.92. The van der Waals surface area contributed by atoms with Crippen molar-refractivity contribution < 1.29 is 19.0 Å². The van der Waals surface area contributed by atoms with Gasteiger partial charge in [0.25, 0.3) is 0 Å². The van der Waals surface area contributed by atoms with Gasteiger partial charge in [0, 0.05) is 18.5 Å². The molecular formula is C19H27NO4. The first kappa shape index (κ1) is 17.1. The normalized spacial score (nSPS) is 26.1. The van der Waals surface area contributed by atoms with Crippen molar-refractivity contribution in [2.45, 2.75) is 33.3 Å². The van der Waals surface area contributed by atoms with Gasteiger partial charge in [-0.25, -0.2) is 0 Å². The maximum atomic E-state index is 13.1. The summed E-state index contributed by atoms with van der Waals surface area (Å²) in [6.45, 7) is 8.75. The van der Waals surface area contributed by atoms with Crippen LogP contribution in [0.1, 0.15) is 26.3 Å². The number of hydrogen-bond acceptors (Lipinski definition) is 4. The Labute approximate surface area is 143 Å². The van der Waals surface area contributed by atoms with Crippen molar-refractivity contribution in [3.63, 3.8) is 0 Å². The fourth-order valence-corrected chi connectivity index (χ4v) is 3.50. The number of fused-ring (bicyclic) bond motifs is 1. The van der Waals surface area contributed by atoms with Crippen LogP contribution in [0.4, 0.5) is 0 Å². The van der Waals surface area contributed by atoms with Gasteiger partial charge in [0.1, 0.15) is 6.61 Å². The van der Waals surface area contributed by atoms with E-state index >= 15 is 0 Å². The van der Waals surface area contributed by atoms with Crippen LogP contribution in [-0.2, 0) is 16.0 Å². The molecule has 132 valence electrons. The Morgan fingerprint density at radius 3 is 2.92 bits per heavy atom. The van der Waals surface area contributed by atoms with Gasteiger partial charge < -0.3 is 19.1 Å². The molecule has 1 saturated heterocycles. The smallest absolute Gasteiger partial charge is 0.229 e. The second kappa shape index (κ2) is 6.63. The number of para-hydroxylation sites is 1. The van der Waals surface area contributed by atoms with Crippen LogP contribution in [0.2, 0.25) is 0 Å². The van der Waals surface area contributed by atoms with Gasteiger partial charge in [0.15, 0.2) is 11.5 Å². The summed E-state index contributed by atoms with van der Waals surface area (Å²) >= 11 is 0. The Kier molecular flexibility index (Phi) is 4.72. The van der Waals surface area contributed by atoms with Crippen LogP contribution >= 0.6 is 0 Å². The van der Waals surface area contributed by atoms with Crippen LogP contribution in [-0.4, -0.2) is 50.3 Å². The number of benzene rings is 1. The number of carbonyl (C=O) groups is 1. The number of ether oxygens (including phenoxy) is 3. The van der Waals surface area contributed by atoms with Gasteiger partial charge in [-0.15, -0.1) is 0 Å². The minimum absolute atomic E-state index is 0.0307. The Bertz CT molecular complexity index is 613. The SMILES string of the molecule is COc1cccc2c1OCC(C(=O)N1CC(C)OCC(C)(C)C1)C2. The van der Waals surface area contributed by atoms with E-state index in [-0.39, 0.29) is 23.3 Å². The lowest BCUT2D eigenvalue weighted by molar-refractivity contribution is -0.138. The number of hydrogen-bond donors (Lipinski definition) is 0. The largest absolute Gasteiger partial charge is 0.493 e. The van der Waals surface area contributed by atoms with Crippen LogP contribution < -0.4 is 9.47 Å². The van der Waals surface area contributed by atoms with Gasteiger partial charge in [-0.1, -0.05) is 26.0 Å². The van der Waals surface area contributed by atoms with Gasteiger partial charge >= 0.3 is 0 Å². The molecule has 0 N–H and O–H groups in total. The van der Waals surface area contributed by atoms with Gasteiger partial charge in [-0.2, -0.15) is 0 Å². The van der Waals surface area contributed by atoms with E-state index < -0.39 is 0 Å². The highest BCUT2D eigenvalue weighted by Crippen LogP contribution is 2.36. The van der Waals surface area contributed by atoms with Crippen molar-refractivity contribution in [1.29, 1.82) is 0 Å². The van der Waals surface area contributed by atoms with Crippen molar-refractivity contribution >= 4 is 5.91 Å². The zero-order chi connectivity index (χ0) is 17.3. The molecule has 1 aromatic rings. The van der Waals surface area contributed by atoms with E-state index in [4.69, 9.17) is 14.2 Å². The monoisotopic (exact) mass is 333 g/mol. The highest BCUT2D eigenvalue weighted by atomic mass is 16.5. The molecule has 2 heterocycles. The average Bonchev–Trinajstić information content (AvgIpc) is 2.71. The zero-order valence-corrected chi connectivity index (χ0v) is 15.0. The first-order valence-electron chi connectivity index (χ1n) is 8.59. The fraction of sp³-hybridized carbons (Fsp3) is 0.632. The van der Waals surface area contributed by atoms with E-state index in [1.807, 2.05) is 30.0 Å². The van der Waals surface area contributed by atoms with Crippen LogP contribution in [0.3, 0.4) is 0 Å². The average molecular weight is 333 g/mol. The molecule has 1 aromatic carbocycles. The molecule has 0 bridgehead atoms. The van der Waals surface area contributed by atoms with Crippen molar-refractivity contribution in [3.8, 4) is 11.5 Å². The Morgan fingerprint density at radius 1 is 1.38 bits per heavy atom. The first-order chi connectivity index (χ1) is 11.4. The lowest BCUT2D eigenvalue weighted by Crippen LogP contribution is -2.45. The molecule has 2 aliphatic heterocycles. The van der Waals surface area contributed by atoms with E-state index in [9.17, 15) is 4.79 Å². The lowest BCUT2D eigenvalue weighted by Gasteiger charge is -2.33. The molecule has 1 fully saturated rings. The van der Waals surface area contributed by atoms with E-state index in [2.05, 4.69) is 13.8 Å². The molecule has 5 nitrogen and oxygen atoms in total. The summed E-state index contributed by atoms with van der Waals surface area (Å²) in [4.78, 5) is 15.0. The van der Waals surface area contributed by atoms with Crippen molar-refractivity contribution in [2.24, 2.45) is 11.3 Å². The third-order valence-electron chi connectivity index (χ3n) is 4.69. The van der Waals surface area contributed by atoms with Crippen molar-refractivity contribution in [1.82, 2.24) is 4.90 Å². The molecule has 0 aromatic heterocycles. The highest BCUT2D eigenvalue weighted by Gasteiger charge is 2.36. The van der Waals surface area contributed by atoms with E-state index in [0.29, 0.717) is 26.2 Å². The van der Waals surface area contributed by atoms with Gasteiger partial charge in [0.2, 0.25) is 5.91 Å². The first-order valence-corrected chi connectivity index (χ1v) is 8.59. The third-order valence-corrected chi connectivity index (χ3v) is 4.69. The summed E-state index contributed by atoms with van der Waals surface area (Å²) < 4.78 is 17.1. The summed E-state index contributed by atoms with van der Waals surface area (Å²) in [6, 6.07) is 5.84. The standard InChI is InChI=1S/C19H27NO4/c1-13-9-20(11-19(2,3)12-24-13)18(21)15-8-14-6-5-7-16(22-4)17(14)23-10-15/h5-7,13,15H,8-12H2,1-4H3. The van der Waals surface area contributed by atoms with Gasteiger partial charge in [0.05, 0.1) is 25.7 Å². The molecule has 3 rings (SSSR count). The minimum Gasteiger partial charge on any atom is -0.493 e. The highest BCUT2D eigenvalue weighted by molar-refractivity contribution is 5.80. The second-order valence-corrected chi connectivity index (χ2v) is 7.67. The molecule has 2 aliphatic rings. The quantitative estimate of drug-likeness (QED) is 0.834. The summed E-state index contributed by atoms with van der Waals surface area (Å²) in [5, 5.41) is 0. The molecule has 0 saturated carbocycles. The summed E-state index contributed by atoms with van der Waals surface area (Å²) in [5.41, 5.74) is 1.01. The van der Waals surface area contributed by atoms with Gasteiger partial charge in [-0.3, -0.25) is 4.79 Å². The van der Waals surface area contributed by atoms with Crippen molar-refractivity contribution in [2.75, 3.05) is 33.4 Å². The van der Waals surface area contributed by atoms with Gasteiger partial charge in [-0.05, 0) is 25.0 Å². The maximum Gasteiger partial charge on any atom is 0.229 e. The summed E-state index contributed by atoms with van der Waals surface area (Å²) in [6.07, 6.45) is 0.755. The molecule has 0 spiro atoms. The topological polar surface area (TPSA) is 48.0 Å². The molecule has 2 atom stereocenters. The maximum absolute atomic E-state index is 13.1. The minimum atomic E-state index is -0.147. The summed E-state index contributed by atoms with van der Waals surface area (Å²) in [7, 11) is 1.64. The van der Waals surface area contributed by atoms with Crippen LogP contribution in [0.25, 0.3) is 0 Å². The number of amides is 1. The number of rotatable bonds is 2. The molecule has 5 heteroatoms. The molecule has 2 unspecified atom stereocenters.